The van der Waals surface area contributed by atoms with Crippen LogP contribution in [0.15, 0.2) is 53.7 Å². The number of halogens is 1. The Labute approximate surface area is 172 Å². The number of amides is 1. The highest BCUT2D eigenvalue weighted by atomic mass is 32.2. The molecule has 2 heterocycles. The van der Waals surface area contributed by atoms with Gasteiger partial charge in [-0.25, -0.2) is 4.39 Å². The van der Waals surface area contributed by atoms with Gasteiger partial charge in [0, 0.05) is 19.1 Å². The van der Waals surface area contributed by atoms with Crippen molar-refractivity contribution in [2.24, 2.45) is 0 Å². The van der Waals surface area contributed by atoms with Gasteiger partial charge in [-0.15, -0.1) is 10.2 Å². The first kappa shape index (κ1) is 18.4. The minimum atomic E-state index is -0.304. The molecule has 3 aromatic rings. The Kier molecular flexibility index (Phi) is 4.83. The topological polar surface area (TPSA) is 51.0 Å². The van der Waals surface area contributed by atoms with Crippen LogP contribution in [0.3, 0.4) is 0 Å². The average molecular weight is 409 g/mol. The Balaban J connectivity index is 1.32. The van der Waals surface area contributed by atoms with Gasteiger partial charge < -0.3 is 4.90 Å². The zero-order valence-corrected chi connectivity index (χ0v) is 16.7. The van der Waals surface area contributed by atoms with Crippen LogP contribution in [-0.2, 0) is 17.8 Å². The van der Waals surface area contributed by atoms with Crippen LogP contribution < -0.4 is 0 Å². The van der Waals surface area contributed by atoms with Crippen LogP contribution in [0.1, 0.15) is 30.0 Å². The highest BCUT2D eigenvalue weighted by Crippen LogP contribution is 2.41. The van der Waals surface area contributed by atoms with Crippen LogP contribution in [0.4, 0.5) is 4.39 Å². The predicted molar refractivity (Wildman–Crippen MR) is 110 cm³/mol. The second kappa shape index (κ2) is 7.63. The molecule has 1 saturated carbocycles. The Morgan fingerprint density at radius 1 is 1.07 bits per heavy atom. The Morgan fingerprint density at radius 3 is 2.62 bits per heavy atom. The van der Waals surface area contributed by atoms with E-state index in [1.165, 1.54) is 29.0 Å². The van der Waals surface area contributed by atoms with E-state index in [0.29, 0.717) is 34.9 Å². The van der Waals surface area contributed by atoms with E-state index in [9.17, 15) is 9.18 Å². The van der Waals surface area contributed by atoms with Crippen LogP contribution in [0.5, 0.6) is 0 Å². The van der Waals surface area contributed by atoms with E-state index in [-0.39, 0.29) is 11.7 Å². The summed E-state index contributed by atoms with van der Waals surface area (Å²) in [6.45, 7) is 1.40. The van der Waals surface area contributed by atoms with Crippen molar-refractivity contribution >= 4 is 17.7 Å². The van der Waals surface area contributed by atoms with Crippen molar-refractivity contribution in [1.82, 2.24) is 19.7 Å². The van der Waals surface area contributed by atoms with E-state index in [4.69, 9.17) is 0 Å². The van der Waals surface area contributed by atoms with Crippen LogP contribution in [-0.4, -0.2) is 37.9 Å². The monoisotopic (exact) mass is 408 g/mol. The number of aromatic nitrogens is 3. The lowest BCUT2D eigenvalue weighted by molar-refractivity contribution is -0.129. The van der Waals surface area contributed by atoms with Crippen molar-refractivity contribution in [1.29, 1.82) is 0 Å². The Morgan fingerprint density at radius 2 is 1.83 bits per heavy atom. The number of carbonyl (C=O) groups excluding carboxylic acids is 1. The van der Waals surface area contributed by atoms with Crippen molar-refractivity contribution in [3.05, 3.63) is 65.5 Å². The number of benzene rings is 2. The third-order valence-electron chi connectivity index (χ3n) is 5.50. The van der Waals surface area contributed by atoms with E-state index in [1.807, 2.05) is 21.6 Å². The van der Waals surface area contributed by atoms with Gasteiger partial charge in [-0.2, -0.15) is 0 Å². The van der Waals surface area contributed by atoms with Gasteiger partial charge in [0.25, 0.3) is 0 Å². The first-order valence-corrected chi connectivity index (χ1v) is 10.9. The number of rotatable bonds is 5. The summed E-state index contributed by atoms with van der Waals surface area (Å²) in [5.41, 5.74) is 3.00. The van der Waals surface area contributed by atoms with Gasteiger partial charge in [0.15, 0.2) is 11.0 Å². The lowest BCUT2D eigenvalue weighted by Crippen LogP contribution is -2.37. The molecule has 1 fully saturated rings. The number of carbonyl (C=O) groups is 1. The molecule has 5 nitrogen and oxygen atoms in total. The molecule has 148 valence electrons. The zero-order valence-electron chi connectivity index (χ0n) is 15.9. The van der Waals surface area contributed by atoms with Crippen molar-refractivity contribution < 1.29 is 9.18 Å². The summed E-state index contributed by atoms with van der Waals surface area (Å²) in [7, 11) is 0. The van der Waals surface area contributed by atoms with Gasteiger partial charge in [0.1, 0.15) is 5.82 Å². The fourth-order valence-corrected chi connectivity index (χ4v) is 4.70. The maximum absolute atomic E-state index is 14.3. The second-order valence-electron chi connectivity index (χ2n) is 7.51. The third-order valence-corrected chi connectivity index (χ3v) is 6.43. The Bertz CT molecular complexity index is 1060. The minimum Gasteiger partial charge on any atom is -0.337 e. The molecule has 1 aliphatic carbocycles. The number of fused-ring (bicyclic) bond motifs is 1. The molecule has 7 heteroatoms. The van der Waals surface area contributed by atoms with E-state index in [1.54, 1.807) is 18.2 Å². The van der Waals surface area contributed by atoms with Gasteiger partial charge in [-0.1, -0.05) is 48.2 Å². The smallest absolute Gasteiger partial charge is 0.233 e. The molecule has 1 amide bonds. The normalized spacial score (nSPS) is 16.0. The summed E-state index contributed by atoms with van der Waals surface area (Å²) >= 11 is 1.40. The zero-order chi connectivity index (χ0) is 19.8. The van der Waals surface area contributed by atoms with Gasteiger partial charge in [0.05, 0.1) is 11.3 Å². The molecule has 1 aliphatic heterocycles. The van der Waals surface area contributed by atoms with Crippen LogP contribution in [0, 0.1) is 5.82 Å². The van der Waals surface area contributed by atoms with Gasteiger partial charge in [0.2, 0.25) is 5.91 Å². The number of hydrogen-bond donors (Lipinski definition) is 0. The standard InChI is InChI=1S/C22H21FN4OS/c23-19-8-4-3-7-18(19)21-24-25-22(27(21)17-9-10-17)29-14-20(28)26-12-11-15-5-1-2-6-16(15)13-26/h1-8,17H,9-14H2. The molecule has 1 aromatic heterocycles. The number of nitrogens with zero attached hydrogens (tertiary/aromatic N) is 4. The molecule has 5 rings (SSSR count). The van der Waals surface area contributed by atoms with Crippen molar-refractivity contribution in [2.75, 3.05) is 12.3 Å². The van der Waals surface area contributed by atoms with E-state index >= 15 is 0 Å². The largest absolute Gasteiger partial charge is 0.337 e. The molecular formula is C22H21FN4OS. The Hall–Kier alpha value is -2.67. The quantitative estimate of drug-likeness (QED) is 0.597. The average Bonchev–Trinajstić information content (AvgIpc) is 3.51. The summed E-state index contributed by atoms with van der Waals surface area (Å²) < 4.78 is 16.3. The molecule has 0 N–H and O–H groups in total. The number of hydrogen-bond acceptors (Lipinski definition) is 4. The van der Waals surface area contributed by atoms with E-state index in [0.717, 1.165) is 25.8 Å². The molecule has 0 unspecified atom stereocenters. The van der Waals surface area contributed by atoms with E-state index in [2.05, 4.69) is 22.3 Å². The fourth-order valence-electron chi connectivity index (χ4n) is 3.79. The highest BCUT2D eigenvalue weighted by molar-refractivity contribution is 7.99. The van der Waals surface area contributed by atoms with Gasteiger partial charge in [-0.05, 0) is 42.5 Å². The fraction of sp³-hybridized carbons (Fsp3) is 0.318. The van der Waals surface area contributed by atoms with Gasteiger partial charge >= 0.3 is 0 Å². The molecule has 0 radical (unpaired) electrons. The summed E-state index contributed by atoms with van der Waals surface area (Å²) in [6.07, 6.45) is 2.95. The maximum Gasteiger partial charge on any atom is 0.233 e. The number of thioether (sulfide) groups is 1. The molecule has 2 aliphatic rings. The minimum absolute atomic E-state index is 0.0993. The summed E-state index contributed by atoms with van der Waals surface area (Å²) in [4.78, 5) is 14.7. The molecule has 0 atom stereocenters. The predicted octanol–water partition coefficient (Wildman–Crippen LogP) is 4.10. The highest BCUT2D eigenvalue weighted by Gasteiger charge is 2.31. The van der Waals surface area contributed by atoms with Crippen molar-refractivity contribution in [2.45, 2.75) is 37.0 Å². The lowest BCUT2D eigenvalue weighted by atomic mass is 10.00. The summed E-state index contributed by atoms with van der Waals surface area (Å²) in [5.74, 6) is 0.653. The first-order chi connectivity index (χ1) is 14.2. The molecular weight excluding hydrogens is 387 g/mol. The van der Waals surface area contributed by atoms with E-state index < -0.39 is 0 Å². The maximum atomic E-state index is 14.3. The first-order valence-electron chi connectivity index (χ1n) is 9.88. The molecule has 0 bridgehead atoms. The SMILES string of the molecule is O=C(CSc1nnc(-c2ccccc2F)n1C1CC1)N1CCc2ccccc2C1. The van der Waals surface area contributed by atoms with Crippen molar-refractivity contribution in [3.8, 4) is 11.4 Å². The summed E-state index contributed by atoms with van der Waals surface area (Å²) in [6, 6.07) is 15.2. The van der Waals surface area contributed by atoms with Crippen LogP contribution in [0.25, 0.3) is 11.4 Å². The van der Waals surface area contributed by atoms with Crippen LogP contribution in [0.2, 0.25) is 0 Å². The van der Waals surface area contributed by atoms with Crippen LogP contribution >= 0.6 is 11.8 Å². The molecule has 0 spiro atoms. The second-order valence-corrected chi connectivity index (χ2v) is 8.45. The summed E-state index contributed by atoms with van der Waals surface area (Å²) in [5, 5.41) is 9.23. The third kappa shape index (κ3) is 3.67. The van der Waals surface area contributed by atoms with Gasteiger partial charge in [-0.3, -0.25) is 9.36 Å². The lowest BCUT2D eigenvalue weighted by Gasteiger charge is -2.28. The molecule has 29 heavy (non-hydrogen) atoms. The molecule has 0 saturated heterocycles. The molecule has 2 aromatic carbocycles. The van der Waals surface area contributed by atoms with Crippen molar-refractivity contribution in [3.63, 3.8) is 0 Å².